The molecule has 0 bridgehead atoms. The lowest BCUT2D eigenvalue weighted by Crippen LogP contribution is -2.14. The fourth-order valence-electron chi connectivity index (χ4n) is 9.77. The van der Waals surface area contributed by atoms with Gasteiger partial charge in [0, 0.05) is 48.8 Å². The fraction of sp³-hybridized carbons (Fsp3) is 0.0638. The summed E-state index contributed by atoms with van der Waals surface area (Å²) in [6.45, 7) is 4.73. The highest BCUT2D eigenvalue weighted by Crippen LogP contribution is 2.52. The van der Waals surface area contributed by atoms with Crippen LogP contribution in [0.2, 0.25) is 0 Å². The van der Waals surface area contributed by atoms with Crippen molar-refractivity contribution in [2.75, 3.05) is 0 Å². The summed E-state index contributed by atoms with van der Waals surface area (Å²) in [4.78, 5) is 0. The van der Waals surface area contributed by atoms with E-state index in [0.29, 0.717) is 0 Å². The normalized spacial score (nSPS) is 14.1. The third-order valence-corrected chi connectivity index (χ3v) is 11.8. The van der Waals surface area contributed by atoms with E-state index in [0.717, 1.165) is 0 Å². The van der Waals surface area contributed by atoms with Crippen molar-refractivity contribution in [3.63, 3.8) is 0 Å². The molecule has 11 aromatic rings. The van der Waals surface area contributed by atoms with E-state index in [2.05, 4.69) is 168 Å². The quantitative estimate of drug-likeness (QED) is 0.172. The van der Waals surface area contributed by atoms with Gasteiger partial charge in [0.15, 0.2) is 0 Å². The second-order valence-electron chi connectivity index (χ2n) is 14.5. The lowest BCUT2D eigenvalue weighted by atomic mass is 9.82. The summed E-state index contributed by atoms with van der Waals surface area (Å²) in [6, 6.07) is 54.6. The molecule has 0 radical (unpaired) electrons. The highest BCUT2D eigenvalue weighted by Gasteiger charge is 2.35. The Morgan fingerprint density at radius 1 is 0.408 bits per heavy atom. The second kappa shape index (κ2) is 8.66. The summed E-state index contributed by atoms with van der Waals surface area (Å²) < 4.78 is 5.14. The lowest BCUT2D eigenvalue weighted by molar-refractivity contribution is 0.660. The maximum absolute atomic E-state index is 2.59. The van der Waals surface area contributed by atoms with Gasteiger partial charge >= 0.3 is 0 Å². The van der Waals surface area contributed by atoms with Gasteiger partial charge in [-0.1, -0.05) is 135 Å². The Kier molecular flexibility index (Phi) is 4.58. The standard InChI is InChI=1S/C47H30N2/c1-47(2)37-20-9-7-14-30(37)36-26-28(23-24-38(36)47)48-40-25-22-27-12-3-4-13-29(27)41(40)42-32-16-5-6-17-34(32)45-43(46(42)48)35-19-11-18-33-31-15-8-10-21-39(31)49(45)44(33)35/h3-26H,1-2H3. The monoisotopic (exact) mass is 622 g/mol. The first-order valence-corrected chi connectivity index (χ1v) is 17.3. The minimum Gasteiger partial charge on any atom is -0.308 e. The largest absolute Gasteiger partial charge is 0.308 e. The topological polar surface area (TPSA) is 9.34 Å². The Hall–Kier alpha value is -6.12. The van der Waals surface area contributed by atoms with Crippen LogP contribution in [0, 0.1) is 0 Å². The molecule has 49 heavy (non-hydrogen) atoms. The molecule has 0 spiro atoms. The van der Waals surface area contributed by atoms with Crippen LogP contribution in [0.4, 0.5) is 0 Å². The molecule has 0 unspecified atom stereocenters. The van der Waals surface area contributed by atoms with Crippen LogP contribution in [-0.2, 0) is 5.41 Å². The van der Waals surface area contributed by atoms with E-state index in [1.165, 1.54) is 109 Å². The minimum atomic E-state index is -0.0425. The average Bonchev–Trinajstić information content (AvgIpc) is 3.85. The van der Waals surface area contributed by atoms with Crippen LogP contribution in [-0.4, -0.2) is 8.97 Å². The van der Waals surface area contributed by atoms with E-state index in [-0.39, 0.29) is 5.41 Å². The summed E-state index contributed by atoms with van der Waals surface area (Å²) in [6.07, 6.45) is 0. The Morgan fingerprint density at radius 2 is 1.08 bits per heavy atom. The van der Waals surface area contributed by atoms with Crippen LogP contribution in [0.15, 0.2) is 146 Å². The van der Waals surface area contributed by atoms with Gasteiger partial charge in [-0.2, -0.15) is 0 Å². The van der Waals surface area contributed by atoms with Crippen LogP contribution in [0.25, 0.3) is 98.3 Å². The van der Waals surface area contributed by atoms with Crippen molar-refractivity contribution in [2.45, 2.75) is 19.3 Å². The maximum Gasteiger partial charge on any atom is 0.0648 e. The lowest BCUT2D eigenvalue weighted by Gasteiger charge is -2.21. The molecule has 0 amide bonds. The van der Waals surface area contributed by atoms with Gasteiger partial charge in [0.25, 0.3) is 0 Å². The van der Waals surface area contributed by atoms with E-state index < -0.39 is 0 Å². The highest BCUT2D eigenvalue weighted by atomic mass is 15.0. The molecular formula is C47H30N2. The van der Waals surface area contributed by atoms with Crippen molar-refractivity contribution in [3.8, 4) is 16.8 Å². The number of aromatic nitrogens is 2. The Balaban J connectivity index is 1.38. The van der Waals surface area contributed by atoms with Crippen molar-refractivity contribution in [1.82, 2.24) is 8.97 Å². The molecule has 2 heteroatoms. The minimum absolute atomic E-state index is 0.0425. The molecule has 1 aliphatic rings. The van der Waals surface area contributed by atoms with Gasteiger partial charge in [-0.15, -0.1) is 0 Å². The van der Waals surface area contributed by atoms with Gasteiger partial charge in [0.2, 0.25) is 0 Å². The molecule has 1 aliphatic carbocycles. The molecule has 12 rings (SSSR count). The summed E-state index contributed by atoms with van der Waals surface area (Å²) in [5.41, 5.74) is 13.0. The molecule has 228 valence electrons. The predicted molar refractivity (Wildman–Crippen MR) is 208 cm³/mol. The van der Waals surface area contributed by atoms with Crippen molar-refractivity contribution >= 4 is 81.4 Å². The highest BCUT2D eigenvalue weighted by molar-refractivity contribution is 6.41. The van der Waals surface area contributed by atoms with E-state index >= 15 is 0 Å². The zero-order chi connectivity index (χ0) is 32.2. The van der Waals surface area contributed by atoms with Gasteiger partial charge in [0.05, 0.1) is 27.6 Å². The molecule has 0 saturated heterocycles. The first-order valence-electron chi connectivity index (χ1n) is 17.3. The van der Waals surface area contributed by atoms with Gasteiger partial charge < -0.3 is 8.97 Å². The Labute approximate surface area is 282 Å². The number of nitrogens with zero attached hydrogens (tertiary/aromatic N) is 2. The van der Waals surface area contributed by atoms with E-state index in [1.807, 2.05) is 0 Å². The van der Waals surface area contributed by atoms with Crippen molar-refractivity contribution in [1.29, 1.82) is 0 Å². The molecule has 0 aliphatic heterocycles. The van der Waals surface area contributed by atoms with Crippen molar-refractivity contribution < 1.29 is 0 Å². The number of rotatable bonds is 1. The molecule has 0 atom stereocenters. The fourth-order valence-corrected chi connectivity index (χ4v) is 9.77. The van der Waals surface area contributed by atoms with E-state index in [1.54, 1.807) is 0 Å². The number of fused-ring (bicyclic) bond motifs is 18. The summed E-state index contributed by atoms with van der Waals surface area (Å²) in [7, 11) is 0. The first kappa shape index (κ1) is 25.9. The Bertz CT molecular complexity index is 3240. The van der Waals surface area contributed by atoms with E-state index in [9.17, 15) is 0 Å². The molecule has 0 saturated carbocycles. The van der Waals surface area contributed by atoms with Crippen LogP contribution >= 0.6 is 0 Å². The number of benzene rings is 8. The zero-order valence-electron chi connectivity index (χ0n) is 27.3. The third kappa shape index (κ3) is 2.97. The van der Waals surface area contributed by atoms with Crippen molar-refractivity contribution in [2.24, 2.45) is 0 Å². The van der Waals surface area contributed by atoms with E-state index in [4.69, 9.17) is 0 Å². The van der Waals surface area contributed by atoms with Gasteiger partial charge in [-0.3, -0.25) is 0 Å². The van der Waals surface area contributed by atoms with Crippen LogP contribution in [0.3, 0.4) is 0 Å². The van der Waals surface area contributed by atoms with Crippen LogP contribution < -0.4 is 0 Å². The molecule has 0 N–H and O–H groups in total. The maximum atomic E-state index is 2.59. The molecule has 3 aromatic heterocycles. The van der Waals surface area contributed by atoms with Crippen LogP contribution in [0.1, 0.15) is 25.0 Å². The molecule has 2 nitrogen and oxygen atoms in total. The molecule has 3 heterocycles. The SMILES string of the molecule is CC1(C)c2ccccc2-c2cc(-n3c4ccc5ccccc5c4c4c5ccccc5c5c(c6cccc7c8ccccc8n5c76)c43)ccc21. The first-order chi connectivity index (χ1) is 24.1. The predicted octanol–water partition coefficient (Wildman–Crippen LogP) is 12.5. The number of para-hydroxylation sites is 2. The van der Waals surface area contributed by atoms with Gasteiger partial charge in [0.1, 0.15) is 0 Å². The number of hydrogen-bond donors (Lipinski definition) is 0. The smallest absolute Gasteiger partial charge is 0.0648 e. The molecule has 0 fully saturated rings. The van der Waals surface area contributed by atoms with Gasteiger partial charge in [-0.05, 0) is 62.7 Å². The molecule has 8 aromatic carbocycles. The average molecular weight is 623 g/mol. The molecular weight excluding hydrogens is 593 g/mol. The van der Waals surface area contributed by atoms with Crippen LogP contribution in [0.5, 0.6) is 0 Å². The second-order valence-corrected chi connectivity index (χ2v) is 14.5. The summed E-state index contributed by atoms with van der Waals surface area (Å²) in [5, 5.41) is 13.0. The number of hydrogen-bond acceptors (Lipinski definition) is 0. The van der Waals surface area contributed by atoms with Gasteiger partial charge in [-0.25, -0.2) is 0 Å². The zero-order valence-corrected chi connectivity index (χ0v) is 27.3. The van der Waals surface area contributed by atoms with Crippen molar-refractivity contribution in [3.05, 3.63) is 157 Å². The Morgan fingerprint density at radius 3 is 1.98 bits per heavy atom. The summed E-state index contributed by atoms with van der Waals surface area (Å²) in [5.74, 6) is 0. The summed E-state index contributed by atoms with van der Waals surface area (Å²) >= 11 is 0. The third-order valence-electron chi connectivity index (χ3n) is 11.8.